The Kier molecular flexibility index (Phi) is 8.69. The molecule has 0 aliphatic carbocycles. The van der Waals surface area contributed by atoms with Crippen molar-refractivity contribution in [2.45, 2.75) is 52.0 Å². The summed E-state index contributed by atoms with van der Waals surface area (Å²) in [5.41, 5.74) is -0.0972. The van der Waals surface area contributed by atoms with E-state index in [2.05, 4.69) is 35.9 Å². The lowest BCUT2D eigenvalue weighted by atomic mass is 9.96. The van der Waals surface area contributed by atoms with Gasteiger partial charge < -0.3 is 20.2 Å². The topological polar surface area (TPSA) is 38.7 Å². The molecule has 1 saturated heterocycles. The summed E-state index contributed by atoms with van der Waals surface area (Å²) in [6, 6.07) is 0. The number of piperazine rings is 1. The largest absolute Gasteiger partial charge is 0.394 e. The molecule has 1 heterocycles. The number of hydrogen-bond donors (Lipinski definition) is 2. The first-order valence-electron chi connectivity index (χ1n) is 8.44. The van der Waals surface area contributed by atoms with Crippen LogP contribution < -0.4 is 5.32 Å². The Morgan fingerprint density at radius 3 is 2.10 bits per heavy atom. The van der Waals surface area contributed by atoms with E-state index in [-0.39, 0.29) is 12.1 Å². The average molecular weight is 285 g/mol. The SMILES string of the molecule is CCCNC(C)(CO)CCCN1CCN(CCC)CC1. The molecule has 1 unspecified atom stereocenters. The van der Waals surface area contributed by atoms with Crippen molar-refractivity contribution in [3.8, 4) is 0 Å². The third-order valence-corrected chi connectivity index (χ3v) is 4.36. The van der Waals surface area contributed by atoms with Gasteiger partial charge in [-0.2, -0.15) is 0 Å². The summed E-state index contributed by atoms with van der Waals surface area (Å²) >= 11 is 0. The monoisotopic (exact) mass is 285 g/mol. The second kappa shape index (κ2) is 9.72. The maximum atomic E-state index is 9.56. The van der Waals surface area contributed by atoms with Crippen molar-refractivity contribution in [1.82, 2.24) is 15.1 Å². The molecule has 0 amide bonds. The zero-order valence-corrected chi connectivity index (χ0v) is 13.8. The van der Waals surface area contributed by atoms with E-state index in [0.29, 0.717) is 0 Å². The molecule has 0 aromatic carbocycles. The van der Waals surface area contributed by atoms with Crippen LogP contribution >= 0.6 is 0 Å². The summed E-state index contributed by atoms with van der Waals surface area (Å²) in [5, 5.41) is 13.0. The van der Waals surface area contributed by atoms with E-state index < -0.39 is 0 Å². The van der Waals surface area contributed by atoms with Gasteiger partial charge in [0.25, 0.3) is 0 Å². The Balaban J connectivity index is 2.17. The van der Waals surface area contributed by atoms with Crippen LogP contribution in [0.1, 0.15) is 46.5 Å². The highest BCUT2D eigenvalue weighted by Crippen LogP contribution is 2.13. The molecule has 1 aliphatic heterocycles. The fourth-order valence-electron chi connectivity index (χ4n) is 2.90. The highest BCUT2D eigenvalue weighted by Gasteiger charge is 2.22. The highest BCUT2D eigenvalue weighted by atomic mass is 16.3. The van der Waals surface area contributed by atoms with E-state index in [0.717, 1.165) is 19.4 Å². The second-order valence-corrected chi connectivity index (χ2v) is 6.43. The molecule has 0 aromatic heterocycles. The van der Waals surface area contributed by atoms with E-state index >= 15 is 0 Å². The number of nitrogens with one attached hydrogen (secondary N) is 1. The van der Waals surface area contributed by atoms with Crippen LogP contribution in [0.25, 0.3) is 0 Å². The second-order valence-electron chi connectivity index (χ2n) is 6.43. The normalized spacial score (nSPS) is 21.0. The number of nitrogens with zero attached hydrogens (tertiary/aromatic N) is 2. The zero-order valence-electron chi connectivity index (χ0n) is 13.8. The zero-order chi connectivity index (χ0) is 14.8. The van der Waals surface area contributed by atoms with Gasteiger partial charge in [0.15, 0.2) is 0 Å². The van der Waals surface area contributed by atoms with E-state index in [9.17, 15) is 5.11 Å². The van der Waals surface area contributed by atoms with Gasteiger partial charge in [0.05, 0.1) is 6.61 Å². The van der Waals surface area contributed by atoms with Crippen LogP contribution in [-0.4, -0.2) is 72.9 Å². The van der Waals surface area contributed by atoms with Gasteiger partial charge in [0.1, 0.15) is 0 Å². The molecule has 0 spiro atoms. The van der Waals surface area contributed by atoms with Crippen LogP contribution in [0.3, 0.4) is 0 Å². The molecule has 1 aliphatic rings. The minimum atomic E-state index is -0.0972. The Morgan fingerprint density at radius 1 is 1.00 bits per heavy atom. The van der Waals surface area contributed by atoms with Gasteiger partial charge in [-0.05, 0) is 52.2 Å². The van der Waals surface area contributed by atoms with Crippen molar-refractivity contribution in [1.29, 1.82) is 0 Å². The van der Waals surface area contributed by atoms with Crippen LogP contribution in [0.15, 0.2) is 0 Å². The molecule has 0 radical (unpaired) electrons. The lowest BCUT2D eigenvalue weighted by Crippen LogP contribution is -2.48. The van der Waals surface area contributed by atoms with Crippen LogP contribution in [0, 0.1) is 0 Å². The maximum absolute atomic E-state index is 9.56. The minimum Gasteiger partial charge on any atom is -0.394 e. The fraction of sp³-hybridized carbons (Fsp3) is 1.00. The number of rotatable bonds is 10. The molecule has 0 aromatic rings. The van der Waals surface area contributed by atoms with E-state index in [1.54, 1.807) is 0 Å². The summed E-state index contributed by atoms with van der Waals surface area (Å²) in [6.07, 6.45) is 4.60. The third kappa shape index (κ3) is 6.53. The van der Waals surface area contributed by atoms with Crippen LogP contribution in [-0.2, 0) is 0 Å². The van der Waals surface area contributed by atoms with E-state index in [4.69, 9.17) is 0 Å². The first-order valence-corrected chi connectivity index (χ1v) is 8.44. The van der Waals surface area contributed by atoms with Crippen LogP contribution in [0.5, 0.6) is 0 Å². The molecule has 2 N–H and O–H groups in total. The maximum Gasteiger partial charge on any atom is 0.0610 e. The van der Waals surface area contributed by atoms with Gasteiger partial charge >= 0.3 is 0 Å². The summed E-state index contributed by atoms with van der Waals surface area (Å²) in [4.78, 5) is 5.14. The Morgan fingerprint density at radius 2 is 1.60 bits per heavy atom. The Bertz CT molecular complexity index is 242. The smallest absolute Gasteiger partial charge is 0.0610 e. The predicted octanol–water partition coefficient (Wildman–Crippen LogP) is 1.54. The molecule has 20 heavy (non-hydrogen) atoms. The first kappa shape index (κ1) is 17.9. The average Bonchev–Trinajstić information content (AvgIpc) is 2.47. The van der Waals surface area contributed by atoms with Crippen molar-refractivity contribution < 1.29 is 5.11 Å². The lowest BCUT2D eigenvalue weighted by molar-refractivity contribution is 0.120. The standard InChI is InChI=1S/C16H35N3O/c1-4-8-17-16(3,15-20)7-6-10-19-13-11-18(9-5-2)12-14-19/h17,20H,4-15H2,1-3H3. The molecule has 1 rings (SSSR count). The van der Waals surface area contributed by atoms with E-state index in [1.807, 2.05) is 0 Å². The van der Waals surface area contributed by atoms with Gasteiger partial charge in [0, 0.05) is 31.7 Å². The van der Waals surface area contributed by atoms with Crippen molar-refractivity contribution in [3.05, 3.63) is 0 Å². The molecule has 1 fully saturated rings. The highest BCUT2D eigenvalue weighted by molar-refractivity contribution is 4.82. The summed E-state index contributed by atoms with van der Waals surface area (Å²) < 4.78 is 0. The van der Waals surface area contributed by atoms with E-state index in [1.165, 1.54) is 52.1 Å². The minimum absolute atomic E-state index is 0.0972. The Labute approximate surface area is 125 Å². The fourth-order valence-corrected chi connectivity index (χ4v) is 2.90. The predicted molar refractivity (Wildman–Crippen MR) is 86.2 cm³/mol. The van der Waals surface area contributed by atoms with Gasteiger partial charge in [-0.3, -0.25) is 0 Å². The van der Waals surface area contributed by atoms with Gasteiger partial charge in [-0.25, -0.2) is 0 Å². The number of hydrogen-bond acceptors (Lipinski definition) is 4. The number of aliphatic hydroxyl groups is 1. The molecule has 0 saturated carbocycles. The molecule has 120 valence electrons. The molecular weight excluding hydrogens is 250 g/mol. The summed E-state index contributed by atoms with van der Waals surface area (Å²) in [6.45, 7) is 15.1. The molecular formula is C16H35N3O. The molecule has 1 atom stereocenters. The van der Waals surface area contributed by atoms with Crippen molar-refractivity contribution in [3.63, 3.8) is 0 Å². The van der Waals surface area contributed by atoms with Crippen LogP contribution in [0.4, 0.5) is 0 Å². The van der Waals surface area contributed by atoms with Crippen molar-refractivity contribution in [2.24, 2.45) is 0 Å². The summed E-state index contributed by atoms with van der Waals surface area (Å²) in [5.74, 6) is 0. The van der Waals surface area contributed by atoms with Crippen LogP contribution in [0.2, 0.25) is 0 Å². The molecule has 4 heteroatoms. The molecule has 0 bridgehead atoms. The summed E-state index contributed by atoms with van der Waals surface area (Å²) in [7, 11) is 0. The lowest BCUT2D eigenvalue weighted by Gasteiger charge is -2.35. The first-order chi connectivity index (χ1) is 9.63. The quantitative estimate of drug-likeness (QED) is 0.639. The number of aliphatic hydroxyl groups excluding tert-OH is 1. The van der Waals surface area contributed by atoms with Crippen molar-refractivity contribution >= 4 is 0 Å². The third-order valence-electron chi connectivity index (χ3n) is 4.36. The molecule has 4 nitrogen and oxygen atoms in total. The van der Waals surface area contributed by atoms with Gasteiger partial charge in [-0.1, -0.05) is 13.8 Å². The van der Waals surface area contributed by atoms with Crippen molar-refractivity contribution in [2.75, 3.05) is 52.4 Å². The Hall–Kier alpha value is -0.160. The van der Waals surface area contributed by atoms with Gasteiger partial charge in [0.2, 0.25) is 0 Å². The van der Waals surface area contributed by atoms with Gasteiger partial charge in [-0.15, -0.1) is 0 Å².